The first kappa shape index (κ1) is 19.6. The Morgan fingerprint density at radius 1 is 1.52 bits per heavy atom. The number of H-pyrrole nitrogens is 1. The molecule has 5 N–H and O–H groups in total. The molecule has 5 atom stereocenters. The van der Waals surface area contributed by atoms with Gasteiger partial charge >= 0.3 is 11.7 Å². The molecule has 0 unspecified atom stereocenters. The third kappa shape index (κ3) is 3.93. The zero-order valence-corrected chi connectivity index (χ0v) is 14.3. The molecule has 0 radical (unpaired) electrons. The van der Waals surface area contributed by atoms with Crippen molar-refractivity contribution in [3.8, 4) is 0 Å². The van der Waals surface area contributed by atoms with E-state index < -0.39 is 53.4 Å². The molecule has 2 heterocycles. The van der Waals surface area contributed by atoms with Crippen LogP contribution in [0, 0.1) is 5.92 Å². The number of nitrogens with zero attached hydrogens (tertiary/aromatic N) is 1. The Balaban J connectivity index is 2.16. The van der Waals surface area contributed by atoms with Gasteiger partial charge in [0.05, 0.1) is 0 Å². The van der Waals surface area contributed by atoms with Crippen molar-refractivity contribution in [2.24, 2.45) is 11.7 Å². The van der Waals surface area contributed by atoms with E-state index in [1.807, 2.05) is 4.98 Å². The molecule has 140 valence electrons. The van der Waals surface area contributed by atoms with Gasteiger partial charge in [0.25, 0.3) is 5.56 Å². The average molecular weight is 378 g/mol. The van der Waals surface area contributed by atoms with Gasteiger partial charge in [-0.1, -0.05) is 25.4 Å². The number of carbonyl (C=O) groups is 1. The third-order valence-corrected chi connectivity index (χ3v) is 4.32. The number of nitrogens with two attached hydrogens (primary N) is 1. The highest BCUT2D eigenvalue weighted by molar-refractivity contribution is 6.23. The van der Waals surface area contributed by atoms with E-state index in [0.29, 0.717) is 0 Å². The van der Waals surface area contributed by atoms with Gasteiger partial charge in [0.2, 0.25) is 5.06 Å². The molecule has 1 saturated heterocycles. The topological polar surface area (TPSA) is 157 Å². The number of aliphatic hydroxyl groups is 2. The zero-order chi connectivity index (χ0) is 18.9. The number of nitrogens with one attached hydrogen (secondary N) is 1. The minimum absolute atomic E-state index is 0.175. The largest absolute Gasteiger partial charge is 0.460 e. The summed E-state index contributed by atoms with van der Waals surface area (Å²) < 4.78 is 11.2. The van der Waals surface area contributed by atoms with Crippen LogP contribution in [0.4, 0.5) is 0 Å². The van der Waals surface area contributed by atoms with Crippen LogP contribution in [0.25, 0.3) is 0 Å². The van der Waals surface area contributed by atoms with Crippen LogP contribution >= 0.6 is 11.6 Å². The molecule has 11 heteroatoms. The Kier molecular flexibility index (Phi) is 5.69. The number of aliphatic hydroxyl groups excluding tert-OH is 2. The number of carbonyl (C=O) groups excluding carboxylic acids is 1. The second-order valence-corrected chi connectivity index (χ2v) is 6.76. The summed E-state index contributed by atoms with van der Waals surface area (Å²) in [6.45, 7) is 2.86. The summed E-state index contributed by atoms with van der Waals surface area (Å²) in [4.78, 5) is 36.7. The lowest BCUT2D eigenvalue weighted by Crippen LogP contribution is -2.45. The van der Waals surface area contributed by atoms with Gasteiger partial charge in [0.15, 0.2) is 6.23 Å². The molecule has 1 aliphatic rings. The van der Waals surface area contributed by atoms with Crippen molar-refractivity contribution in [1.82, 2.24) is 9.55 Å². The Bertz CT molecular complexity index is 748. The van der Waals surface area contributed by atoms with E-state index in [2.05, 4.69) is 0 Å². The fourth-order valence-corrected chi connectivity index (χ4v) is 2.53. The summed E-state index contributed by atoms with van der Waals surface area (Å²) in [5.74, 6) is -0.920. The second kappa shape index (κ2) is 7.26. The molecule has 2 rings (SSSR count). The maximum atomic E-state index is 11.8. The van der Waals surface area contributed by atoms with E-state index >= 15 is 0 Å². The van der Waals surface area contributed by atoms with Crippen LogP contribution in [0.5, 0.6) is 0 Å². The van der Waals surface area contributed by atoms with Crippen LogP contribution in [-0.2, 0) is 14.3 Å². The van der Waals surface area contributed by atoms with Gasteiger partial charge in [-0.25, -0.2) is 4.79 Å². The predicted octanol–water partition coefficient (Wildman–Crippen LogP) is -1.75. The van der Waals surface area contributed by atoms with Crippen molar-refractivity contribution in [2.45, 2.75) is 43.4 Å². The number of alkyl halides is 1. The van der Waals surface area contributed by atoms with Crippen LogP contribution in [0.2, 0.25) is 0 Å². The highest BCUT2D eigenvalue weighted by Gasteiger charge is 2.55. The number of rotatable bonds is 5. The molecule has 0 saturated carbocycles. The van der Waals surface area contributed by atoms with Gasteiger partial charge in [0.1, 0.15) is 24.9 Å². The molecule has 1 aromatic heterocycles. The van der Waals surface area contributed by atoms with Gasteiger partial charge in [0, 0.05) is 12.3 Å². The number of hydrogen-bond donors (Lipinski definition) is 4. The number of esters is 1. The van der Waals surface area contributed by atoms with E-state index in [1.165, 1.54) is 0 Å². The highest BCUT2D eigenvalue weighted by atomic mass is 35.5. The van der Waals surface area contributed by atoms with Gasteiger partial charge in [-0.15, -0.1) is 0 Å². The van der Waals surface area contributed by atoms with Crippen LogP contribution in [-0.4, -0.2) is 55.7 Å². The molecular formula is C14H20ClN3O7. The van der Waals surface area contributed by atoms with Gasteiger partial charge < -0.3 is 25.4 Å². The molecular weight excluding hydrogens is 358 g/mol. The summed E-state index contributed by atoms with van der Waals surface area (Å²) in [6, 6.07) is 0.154. The van der Waals surface area contributed by atoms with Crippen molar-refractivity contribution >= 4 is 17.6 Å². The monoisotopic (exact) mass is 377 g/mol. The maximum absolute atomic E-state index is 11.8. The lowest BCUT2D eigenvalue weighted by molar-refractivity contribution is -0.156. The molecule has 1 aromatic rings. The Labute approximate surface area is 147 Å². The SMILES string of the molecule is CC(C)[C@H](N)C(=O)OC[C@@]1(Cl)O[C@@H](n2ccc(=O)[nH]c2=O)[C@H](O)[C@@H]1O. The highest BCUT2D eigenvalue weighted by Crippen LogP contribution is 2.39. The number of aromatic nitrogens is 2. The van der Waals surface area contributed by atoms with E-state index in [4.69, 9.17) is 26.8 Å². The number of aromatic amines is 1. The standard InChI is InChI=1S/C14H20ClN3O7/c1-6(2)8(16)12(22)24-5-14(15)10(21)9(20)11(25-14)18-4-3-7(19)17-13(18)23/h3-4,6,8-11,20-21H,5,16H2,1-2H3,(H,17,19,23)/t8-,9+,10-,11+,14+/m0/s1. The maximum Gasteiger partial charge on any atom is 0.330 e. The minimum atomic E-state index is -1.98. The smallest absolute Gasteiger partial charge is 0.330 e. The summed E-state index contributed by atoms with van der Waals surface area (Å²) in [5, 5.41) is 18.3. The van der Waals surface area contributed by atoms with E-state index in [0.717, 1.165) is 16.8 Å². The molecule has 1 aliphatic heterocycles. The Hall–Kier alpha value is -1.72. The number of hydrogen-bond acceptors (Lipinski definition) is 8. The van der Waals surface area contributed by atoms with Crippen LogP contribution in [0.3, 0.4) is 0 Å². The summed E-state index contributed by atoms with van der Waals surface area (Å²) >= 11 is 6.14. The average Bonchev–Trinajstić information content (AvgIpc) is 2.77. The lowest BCUT2D eigenvalue weighted by atomic mass is 10.1. The van der Waals surface area contributed by atoms with Crippen molar-refractivity contribution in [2.75, 3.05) is 6.61 Å². The van der Waals surface area contributed by atoms with Crippen molar-refractivity contribution in [1.29, 1.82) is 0 Å². The van der Waals surface area contributed by atoms with Gasteiger partial charge in [-0.3, -0.25) is 19.1 Å². The molecule has 25 heavy (non-hydrogen) atoms. The van der Waals surface area contributed by atoms with Crippen LogP contribution < -0.4 is 17.0 Å². The quantitative estimate of drug-likeness (QED) is 0.347. The number of halogens is 1. The first-order valence-corrected chi connectivity index (χ1v) is 7.91. The lowest BCUT2D eigenvalue weighted by Gasteiger charge is -2.25. The molecule has 1 fully saturated rings. The Morgan fingerprint density at radius 3 is 2.72 bits per heavy atom. The number of ether oxygens (including phenoxy) is 2. The predicted molar refractivity (Wildman–Crippen MR) is 85.8 cm³/mol. The van der Waals surface area contributed by atoms with E-state index in [-0.39, 0.29) is 5.92 Å². The van der Waals surface area contributed by atoms with Crippen molar-refractivity contribution < 1.29 is 24.5 Å². The first-order valence-electron chi connectivity index (χ1n) is 7.53. The van der Waals surface area contributed by atoms with Gasteiger partial charge in [-0.05, 0) is 5.92 Å². The van der Waals surface area contributed by atoms with Crippen LogP contribution in [0.1, 0.15) is 20.1 Å². The van der Waals surface area contributed by atoms with E-state index in [1.54, 1.807) is 13.8 Å². The minimum Gasteiger partial charge on any atom is -0.460 e. The van der Waals surface area contributed by atoms with Crippen LogP contribution in [0.15, 0.2) is 21.9 Å². The first-order chi connectivity index (χ1) is 11.6. The molecule has 0 aliphatic carbocycles. The van der Waals surface area contributed by atoms with Crippen molar-refractivity contribution in [3.05, 3.63) is 33.1 Å². The fourth-order valence-electron chi connectivity index (χ4n) is 2.26. The Morgan fingerprint density at radius 2 is 2.16 bits per heavy atom. The van der Waals surface area contributed by atoms with E-state index in [9.17, 15) is 24.6 Å². The molecule has 0 amide bonds. The summed E-state index contributed by atoms with van der Waals surface area (Å²) in [5.41, 5.74) is 4.16. The third-order valence-electron chi connectivity index (χ3n) is 3.90. The zero-order valence-electron chi connectivity index (χ0n) is 13.6. The molecule has 0 bridgehead atoms. The fraction of sp³-hybridized carbons (Fsp3) is 0.643. The normalized spacial score (nSPS) is 30.4. The molecule has 10 nitrogen and oxygen atoms in total. The molecule has 0 aromatic carbocycles. The van der Waals surface area contributed by atoms with Crippen molar-refractivity contribution in [3.63, 3.8) is 0 Å². The molecule has 0 spiro atoms. The summed E-state index contributed by atoms with van der Waals surface area (Å²) in [7, 11) is 0. The second-order valence-electron chi connectivity index (χ2n) is 6.12. The van der Waals surface area contributed by atoms with Gasteiger partial charge in [-0.2, -0.15) is 0 Å². The summed E-state index contributed by atoms with van der Waals surface area (Å²) in [6.07, 6.45) is -3.56.